The van der Waals surface area contributed by atoms with Crippen LogP contribution in [0.4, 0.5) is 0 Å². The van der Waals surface area contributed by atoms with Gasteiger partial charge in [-0.3, -0.25) is 14.9 Å². The number of hydrogen-bond acceptors (Lipinski definition) is 4. The van der Waals surface area contributed by atoms with Gasteiger partial charge in [-0.2, -0.15) is 0 Å². The molecular formula is C12H11N3O2S. The van der Waals surface area contributed by atoms with Gasteiger partial charge in [-0.1, -0.05) is 30.3 Å². The van der Waals surface area contributed by atoms with Gasteiger partial charge in [0.2, 0.25) is 5.91 Å². The third-order valence-electron chi connectivity index (χ3n) is 2.06. The van der Waals surface area contributed by atoms with Gasteiger partial charge < -0.3 is 0 Å². The highest BCUT2D eigenvalue weighted by molar-refractivity contribution is 8.18. The van der Waals surface area contributed by atoms with E-state index in [-0.39, 0.29) is 11.8 Å². The van der Waals surface area contributed by atoms with Crippen molar-refractivity contribution >= 4 is 34.8 Å². The van der Waals surface area contributed by atoms with Crippen LogP contribution in [0.1, 0.15) is 12.5 Å². The van der Waals surface area contributed by atoms with Crippen molar-refractivity contribution in [2.45, 2.75) is 6.92 Å². The van der Waals surface area contributed by atoms with Crippen molar-refractivity contribution in [2.24, 2.45) is 5.10 Å². The Balaban J connectivity index is 2.13. The number of benzene rings is 1. The van der Waals surface area contributed by atoms with Crippen molar-refractivity contribution in [1.82, 2.24) is 10.7 Å². The molecule has 1 fully saturated rings. The maximum absolute atomic E-state index is 11.6. The Hall–Kier alpha value is -2.08. The van der Waals surface area contributed by atoms with E-state index in [4.69, 9.17) is 0 Å². The maximum Gasteiger partial charge on any atom is 0.264 e. The fourth-order valence-corrected chi connectivity index (χ4v) is 2.09. The molecule has 1 saturated heterocycles. The topological polar surface area (TPSA) is 70.6 Å². The molecule has 1 aliphatic heterocycles. The largest absolute Gasteiger partial charge is 0.299 e. The molecule has 0 saturated carbocycles. The minimum absolute atomic E-state index is 0.215. The second-order valence-electron chi connectivity index (χ2n) is 3.56. The van der Waals surface area contributed by atoms with Gasteiger partial charge in [-0.15, -0.1) is 5.10 Å². The number of carbonyl (C=O) groups is 2. The summed E-state index contributed by atoms with van der Waals surface area (Å²) in [5.41, 5.74) is 3.22. The summed E-state index contributed by atoms with van der Waals surface area (Å²) in [4.78, 5) is 22.9. The Labute approximate surface area is 108 Å². The molecule has 0 spiro atoms. The van der Waals surface area contributed by atoms with Gasteiger partial charge in [-0.25, -0.2) is 5.43 Å². The van der Waals surface area contributed by atoms with Crippen molar-refractivity contribution in [1.29, 1.82) is 0 Å². The summed E-state index contributed by atoms with van der Waals surface area (Å²) in [7, 11) is 0. The van der Waals surface area contributed by atoms with Gasteiger partial charge in [0.25, 0.3) is 5.91 Å². The van der Waals surface area contributed by atoms with Crippen LogP contribution in [0.15, 0.2) is 40.3 Å². The first-order valence-corrected chi connectivity index (χ1v) is 6.07. The number of rotatable bonds is 2. The maximum atomic E-state index is 11.6. The minimum atomic E-state index is -0.280. The van der Waals surface area contributed by atoms with E-state index in [0.717, 1.165) is 5.56 Å². The average molecular weight is 261 g/mol. The molecule has 18 heavy (non-hydrogen) atoms. The monoisotopic (exact) mass is 261 g/mol. The van der Waals surface area contributed by atoms with Crippen LogP contribution in [0.25, 0.3) is 6.08 Å². The van der Waals surface area contributed by atoms with Crippen molar-refractivity contribution < 1.29 is 9.59 Å². The van der Waals surface area contributed by atoms with E-state index in [1.54, 1.807) is 6.08 Å². The number of amidine groups is 1. The molecule has 0 atom stereocenters. The standard InChI is InChI=1S/C12H11N3O2S/c1-8(16)14-15-12-13-11(17)10(18-12)7-9-5-3-2-4-6-9/h2-7H,1H3,(H,14,16)(H,13,15,17)/b10-7+. The number of hydrogen-bond donors (Lipinski definition) is 2. The number of thioether (sulfide) groups is 1. The number of nitrogens with zero attached hydrogens (tertiary/aromatic N) is 1. The zero-order chi connectivity index (χ0) is 13.0. The van der Waals surface area contributed by atoms with Gasteiger partial charge in [0, 0.05) is 6.92 Å². The predicted molar refractivity (Wildman–Crippen MR) is 71.4 cm³/mol. The van der Waals surface area contributed by atoms with Gasteiger partial charge in [0.1, 0.15) is 0 Å². The van der Waals surface area contributed by atoms with Crippen LogP contribution in [0.3, 0.4) is 0 Å². The summed E-state index contributed by atoms with van der Waals surface area (Å²) in [6, 6.07) is 9.52. The van der Waals surface area contributed by atoms with Crippen LogP contribution in [0.2, 0.25) is 0 Å². The summed E-state index contributed by atoms with van der Waals surface area (Å²) in [5, 5.41) is 6.72. The van der Waals surface area contributed by atoms with Gasteiger partial charge in [-0.05, 0) is 23.4 Å². The van der Waals surface area contributed by atoms with E-state index in [9.17, 15) is 9.59 Å². The minimum Gasteiger partial charge on any atom is -0.299 e. The first-order valence-electron chi connectivity index (χ1n) is 5.25. The van der Waals surface area contributed by atoms with Crippen molar-refractivity contribution in [3.05, 3.63) is 40.8 Å². The molecular weight excluding hydrogens is 250 g/mol. The Kier molecular flexibility index (Phi) is 3.78. The first kappa shape index (κ1) is 12.4. The molecule has 1 aromatic carbocycles. The summed E-state index contributed by atoms with van der Waals surface area (Å²) < 4.78 is 0. The summed E-state index contributed by atoms with van der Waals surface area (Å²) in [6.07, 6.45) is 1.77. The quantitative estimate of drug-likeness (QED) is 0.622. The average Bonchev–Trinajstić information content (AvgIpc) is 2.69. The lowest BCUT2D eigenvalue weighted by molar-refractivity contribution is -0.119. The van der Waals surface area contributed by atoms with Gasteiger partial charge in [0.15, 0.2) is 5.17 Å². The molecule has 92 valence electrons. The number of hydrazone groups is 1. The van der Waals surface area contributed by atoms with E-state index < -0.39 is 0 Å². The molecule has 0 aliphatic carbocycles. The van der Waals surface area contributed by atoms with E-state index >= 15 is 0 Å². The lowest BCUT2D eigenvalue weighted by atomic mass is 10.2. The van der Waals surface area contributed by atoms with Gasteiger partial charge in [0.05, 0.1) is 4.91 Å². The van der Waals surface area contributed by atoms with Crippen LogP contribution in [-0.4, -0.2) is 17.0 Å². The van der Waals surface area contributed by atoms with Crippen LogP contribution >= 0.6 is 11.8 Å². The lowest BCUT2D eigenvalue weighted by Crippen LogP contribution is -2.23. The number of carbonyl (C=O) groups excluding carboxylic acids is 2. The lowest BCUT2D eigenvalue weighted by Gasteiger charge is -1.94. The molecule has 6 heteroatoms. The Morgan fingerprint density at radius 2 is 2.11 bits per heavy atom. The molecule has 1 aromatic rings. The zero-order valence-electron chi connectivity index (χ0n) is 9.64. The number of nitrogens with one attached hydrogen (secondary N) is 2. The SMILES string of the molecule is CC(=O)N/N=C1/NC(=O)/C(=C\c2ccccc2)S1. The second kappa shape index (κ2) is 5.50. The fourth-order valence-electron chi connectivity index (χ4n) is 1.31. The van der Waals surface area contributed by atoms with E-state index in [1.165, 1.54) is 18.7 Å². The Bertz CT molecular complexity index is 538. The van der Waals surface area contributed by atoms with Gasteiger partial charge >= 0.3 is 0 Å². The van der Waals surface area contributed by atoms with Crippen molar-refractivity contribution in [3.63, 3.8) is 0 Å². The zero-order valence-corrected chi connectivity index (χ0v) is 10.5. The first-order chi connectivity index (χ1) is 8.65. The number of amides is 2. The van der Waals surface area contributed by atoms with Crippen molar-refractivity contribution in [2.75, 3.05) is 0 Å². The van der Waals surface area contributed by atoms with Crippen LogP contribution < -0.4 is 10.7 Å². The fraction of sp³-hybridized carbons (Fsp3) is 0.0833. The molecule has 2 N–H and O–H groups in total. The predicted octanol–water partition coefficient (Wildman–Crippen LogP) is 1.30. The molecule has 5 nitrogen and oxygen atoms in total. The molecule has 0 aromatic heterocycles. The highest BCUT2D eigenvalue weighted by Gasteiger charge is 2.23. The Morgan fingerprint density at radius 1 is 1.39 bits per heavy atom. The smallest absolute Gasteiger partial charge is 0.264 e. The van der Waals surface area contributed by atoms with Crippen LogP contribution in [-0.2, 0) is 9.59 Å². The molecule has 1 heterocycles. The van der Waals surface area contributed by atoms with E-state index in [1.807, 2.05) is 30.3 Å². The molecule has 0 radical (unpaired) electrons. The normalized spacial score (nSPS) is 19.1. The summed E-state index contributed by atoms with van der Waals surface area (Å²) in [6.45, 7) is 1.35. The highest BCUT2D eigenvalue weighted by atomic mass is 32.2. The highest BCUT2D eigenvalue weighted by Crippen LogP contribution is 2.25. The molecule has 0 bridgehead atoms. The third-order valence-corrected chi connectivity index (χ3v) is 2.97. The van der Waals surface area contributed by atoms with E-state index in [2.05, 4.69) is 15.8 Å². The molecule has 0 unspecified atom stereocenters. The van der Waals surface area contributed by atoms with Crippen LogP contribution in [0, 0.1) is 0 Å². The molecule has 2 rings (SSSR count). The summed E-state index contributed by atoms with van der Waals surface area (Å²) in [5.74, 6) is -0.495. The summed E-state index contributed by atoms with van der Waals surface area (Å²) >= 11 is 1.19. The van der Waals surface area contributed by atoms with E-state index in [0.29, 0.717) is 10.1 Å². The molecule has 2 amide bonds. The van der Waals surface area contributed by atoms with Crippen LogP contribution in [0.5, 0.6) is 0 Å². The van der Waals surface area contributed by atoms with Crippen molar-refractivity contribution in [3.8, 4) is 0 Å². The molecule has 1 aliphatic rings. The third kappa shape index (κ3) is 3.21. The second-order valence-corrected chi connectivity index (χ2v) is 4.59. The Morgan fingerprint density at radius 3 is 2.78 bits per heavy atom.